The molecule has 0 N–H and O–H groups in total. The molecular formula is C15H14Cl2O2. The zero-order chi connectivity index (χ0) is 13.7. The molecular weight excluding hydrogens is 283 g/mol. The molecule has 2 aromatic carbocycles. The van der Waals surface area contributed by atoms with Gasteiger partial charge in [0.15, 0.2) is 0 Å². The summed E-state index contributed by atoms with van der Waals surface area (Å²) in [6, 6.07) is 13.3. The maximum atomic E-state index is 6.13. The third kappa shape index (κ3) is 3.34. The summed E-state index contributed by atoms with van der Waals surface area (Å²) < 4.78 is 11.1. The average molecular weight is 297 g/mol. The molecule has 19 heavy (non-hydrogen) atoms. The van der Waals surface area contributed by atoms with Crippen molar-refractivity contribution in [2.45, 2.75) is 12.5 Å². The van der Waals surface area contributed by atoms with Crippen molar-refractivity contribution in [2.75, 3.05) is 7.11 Å². The Balaban J connectivity index is 2.19. The van der Waals surface area contributed by atoms with E-state index in [0.29, 0.717) is 23.3 Å². The van der Waals surface area contributed by atoms with Crippen LogP contribution in [0.2, 0.25) is 5.02 Å². The van der Waals surface area contributed by atoms with Gasteiger partial charge in [-0.05, 0) is 12.1 Å². The van der Waals surface area contributed by atoms with Crippen molar-refractivity contribution >= 4 is 23.2 Å². The first kappa shape index (κ1) is 14.0. The molecule has 2 nitrogen and oxygen atoms in total. The van der Waals surface area contributed by atoms with E-state index in [4.69, 9.17) is 32.7 Å². The van der Waals surface area contributed by atoms with Crippen molar-refractivity contribution in [3.05, 3.63) is 58.6 Å². The zero-order valence-corrected chi connectivity index (χ0v) is 12.0. The summed E-state index contributed by atoms with van der Waals surface area (Å²) in [7, 11) is 1.64. The predicted octanol–water partition coefficient (Wildman–Crippen LogP) is 4.67. The molecule has 0 radical (unpaired) electrons. The lowest BCUT2D eigenvalue weighted by Crippen LogP contribution is -2.00. The van der Waals surface area contributed by atoms with Gasteiger partial charge >= 0.3 is 0 Å². The normalized spacial score (nSPS) is 10.3. The van der Waals surface area contributed by atoms with E-state index >= 15 is 0 Å². The van der Waals surface area contributed by atoms with Crippen LogP contribution in [0, 0.1) is 0 Å². The molecule has 100 valence electrons. The maximum Gasteiger partial charge on any atom is 0.142 e. The van der Waals surface area contributed by atoms with Crippen LogP contribution in [-0.2, 0) is 12.5 Å². The van der Waals surface area contributed by atoms with E-state index in [0.717, 1.165) is 16.9 Å². The lowest BCUT2D eigenvalue weighted by molar-refractivity contribution is 0.295. The van der Waals surface area contributed by atoms with E-state index in [2.05, 4.69) is 0 Å². The number of hydrogen-bond donors (Lipinski definition) is 0. The van der Waals surface area contributed by atoms with Crippen LogP contribution < -0.4 is 9.47 Å². The molecule has 0 aliphatic carbocycles. The highest BCUT2D eigenvalue weighted by Gasteiger charge is 2.09. The van der Waals surface area contributed by atoms with Gasteiger partial charge in [-0.15, -0.1) is 11.6 Å². The molecule has 2 rings (SSSR count). The molecule has 0 fully saturated rings. The van der Waals surface area contributed by atoms with E-state index in [1.165, 1.54) is 0 Å². The Morgan fingerprint density at radius 2 is 1.74 bits per heavy atom. The molecule has 0 unspecified atom stereocenters. The fraction of sp³-hybridized carbons (Fsp3) is 0.200. The topological polar surface area (TPSA) is 18.5 Å². The Bertz CT molecular complexity index is 556. The molecule has 0 amide bonds. The largest absolute Gasteiger partial charge is 0.496 e. The highest BCUT2D eigenvalue weighted by atomic mass is 35.5. The number of benzene rings is 2. The van der Waals surface area contributed by atoms with Crippen molar-refractivity contribution in [3.63, 3.8) is 0 Å². The third-order valence-electron chi connectivity index (χ3n) is 2.76. The lowest BCUT2D eigenvalue weighted by Gasteiger charge is -2.13. The minimum atomic E-state index is 0.363. The molecule has 0 bridgehead atoms. The van der Waals surface area contributed by atoms with Crippen molar-refractivity contribution in [2.24, 2.45) is 0 Å². The van der Waals surface area contributed by atoms with E-state index in [9.17, 15) is 0 Å². The summed E-state index contributed by atoms with van der Waals surface area (Å²) in [4.78, 5) is 0. The number of para-hydroxylation sites is 2. The van der Waals surface area contributed by atoms with Crippen LogP contribution in [0.4, 0.5) is 0 Å². The molecule has 0 aromatic heterocycles. The Morgan fingerprint density at radius 1 is 1.00 bits per heavy atom. The lowest BCUT2D eigenvalue weighted by atomic mass is 10.2. The van der Waals surface area contributed by atoms with Gasteiger partial charge in [-0.25, -0.2) is 0 Å². The summed E-state index contributed by atoms with van der Waals surface area (Å²) in [6.07, 6.45) is 0. The fourth-order valence-electron chi connectivity index (χ4n) is 1.79. The van der Waals surface area contributed by atoms with Gasteiger partial charge in [0.25, 0.3) is 0 Å². The first-order valence-electron chi connectivity index (χ1n) is 5.84. The van der Waals surface area contributed by atoms with Gasteiger partial charge in [-0.3, -0.25) is 0 Å². The number of hydrogen-bond acceptors (Lipinski definition) is 2. The molecule has 0 spiro atoms. The minimum absolute atomic E-state index is 0.363. The highest BCUT2D eigenvalue weighted by Crippen LogP contribution is 2.31. The molecule has 2 aromatic rings. The van der Waals surface area contributed by atoms with Gasteiger partial charge < -0.3 is 9.47 Å². The van der Waals surface area contributed by atoms with E-state index in [1.807, 2.05) is 36.4 Å². The van der Waals surface area contributed by atoms with Crippen LogP contribution in [0.3, 0.4) is 0 Å². The monoisotopic (exact) mass is 296 g/mol. The first-order chi connectivity index (χ1) is 9.26. The van der Waals surface area contributed by atoms with Crippen LogP contribution in [0.15, 0.2) is 42.5 Å². The second-order valence-electron chi connectivity index (χ2n) is 3.96. The standard InChI is InChI=1S/C15H14Cl2O2/c1-18-14-8-3-2-5-12(14)10-19-15-11(9-16)6-4-7-13(15)17/h2-8H,9-10H2,1H3. The van der Waals surface area contributed by atoms with E-state index < -0.39 is 0 Å². The molecule has 0 atom stereocenters. The number of rotatable bonds is 5. The SMILES string of the molecule is COc1ccccc1COc1c(Cl)cccc1CCl. The third-order valence-corrected chi connectivity index (χ3v) is 3.34. The minimum Gasteiger partial charge on any atom is -0.496 e. The van der Waals surface area contributed by atoms with Crippen LogP contribution in [0.25, 0.3) is 0 Å². The summed E-state index contributed by atoms with van der Waals surface area (Å²) in [5.74, 6) is 1.79. The van der Waals surface area contributed by atoms with Gasteiger partial charge in [-0.2, -0.15) is 0 Å². The van der Waals surface area contributed by atoms with Crippen LogP contribution in [0.5, 0.6) is 11.5 Å². The average Bonchev–Trinajstić information content (AvgIpc) is 2.46. The molecule has 4 heteroatoms. The summed E-state index contributed by atoms with van der Waals surface area (Å²) >= 11 is 12.0. The summed E-state index contributed by atoms with van der Waals surface area (Å²) in [5.41, 5.74) is 1.84. The van der Waals surface area contributed by atoms with Crippen molar-refractivity contribution in [1.29, 1.82) is 0 Å². The number of alkyl halides is 1. The molecule has 0 aliphatic rings. The maximum absolute atomic E-state index is 6.13. The van der Waals surface area contributed by atoms with Crippen molar-refractivity contribution < 1.29 is 9.47 Å². The molecule has 0 saturated carbocycles. The van der Waals surface area contributed by atoms with Gasteiger partial charge in [0, 0.05) is 11.1 Å². The van der Waals surface area contributed by atoms with E-state index in [-0.39, 0.29) is 0 Å². The fourth-order valence-corrected chi connectivity index (χ4v) is 2.25. The Kier molecular flexibility index (Phi) is 4.94. The Labute approximate surface area is 122 Å². The van der Waals surface area contributed by atoms with Crippen LogP contribution in [0.1, 0.15) is 11.1 Å². The number of methoxy groups -OCH3 is 1. The van der Waals surface area contributed by atoms with Gasteiger partial charge in [0.05, 0.1) is 18.0 Å². The summed E-state index contributed by atoms with van der Waals surface area (Å²) in [5, 5.41) is 0.563. The van der Waals surface area contributed by atoms with Gasteiger partial charge in [0.1, 0.15) is 18.1 Å². The predicted molar refractivity (Wildman–Crippen MR) is 78.3 cm³/mol. The van der Waals surface area contributed by atoms with Crippen molar-refractivity contribution in [1.82, 2.24) is 0 Å². The van der Waals surface area contributed by atoms with Crippen LogP contribution in [-0.4, -0.2) is 7.11 Å². The Hall–Kier alpha value is -1.38. The second kappa shape index (κ2) is 6.69. The quantitative estimate of drug-likeness (QED) is 0.747. The van der Waals surface area contributed by atoms with Gasteiger partial charge in [0.2, 0.25) is 0 Å². The zero-order valence-electron chi connectivity index (χ0n) is 10.5. The number of ether oxygens (including phenoxy) is 2. The summed E-state index contributed by atoms with van der Waals surface area (Å²) in [6.45, 7) is 0.387. The van der Waals surface area contributed by atoms with Gasteiger partial charge in [-0.1, -0.05) is 41.9 Å². The Morgan fingerprint density at radius 3 is 2.47 bits per heavy atom. The first-order valence-corrected chi connectivity index (χ1v) is 6.75. The molecule has 0 aliphatic heterocycles. The second-order valence-corrected chi connectivity index (χ2v) is 4.64. The molecule has 0 saturated heterocycles. The highest BCUT2D eigenvalue weighted by molar-refractivity contribution is 6.32. The number of halogens is 2. The van der Waals surface area contributed by atoms with Crippen LogP contribution >= 0.6 is 23.2 Å². The van der Waals surface area contributed by atoms with E-state index in [1.54, 1.807) is 13.2 Å². The smallest absolute Gasteiger partial charge is 0.142 e. The molecule has 0 heterocycles. The van der Waals surface area contributed by atoms with Crippen molar-refractivity contribution in [3.8, 4) is 11.5 Å².